The summed E-state index contributed by atoms with van der Waals surface area (Å²) in [6.45, 7) is 0.358. The van der Waals surface area contributed by atoms with Crippen molar-refractivity contribution in [2.45, 2.75) is 6.54 Å². The van der Waals surface area contributed by atoms with E-state index in [-0.39, 0.29) is 19.2 Å². The van der Waals surface area contributed by atoms with Gasteiger partial charge in [-0.1, -0.05) is 18.2 Å². The highest BCUT2D eigenvalue weighted by Gasteiger charge is 2.15. The number of aromatic nitrogens is 4. The first-order chi connectivity index (χ1) is 14.3. The molecule has 29 heavy (non-hydrogen) atoms. The number of nitrogens with one attached hydrogen (secondary N) is 1. The number of carbonyl (C=O) groups is 1. The van der Waals surface area contributed by atoms with Crippen molar-refractivity contribution < 1.29 is 14.3 Å². The second kappa shape index (κ2) is 7.12. The molecule has 0 aliphatic carbocycles. The maximum Gasteiger partial charge on any atom is 0.244 e. The zero-order valence-electron chi connectivity index (χ0n) is 15.2. The third kappa shape index (κ3) is 3.41. The van der Waals surface area contributed by atoms with Crippen LogP contribution >= 0.6 is 0 Å². The van der Waals surface area contributed by atoms with E-state index in [2.05, 4.69) is 20.6 Å². The second-order valence-electron chi connectivity index (χ2n) is 6.43. The minimum Gasteiger partial charge on any atom is -0.454 e. The van der Waals surface area contributed by atoms with Crippen molar-refractivity contribution in [2.24, 2.45) is 5.10 Å². The van der Waals surface area contributed by atoms with Crippen molar-refractivity contribution in [2.75, 3.05) is 12.1 Å². The van der Waals surface area contributed by atoms with Crippen LogP contribution in [-0.4, -0.2) is 38.4 Å². The number of ether oxygens (including phenoxy) is 2. The van der Waals surface area contributed by atoms with Crippen LogP contribution in [0.2, 0.25) is 0 Å². The number of rotatable bonds is 5. The Morgan fingerprint density at radius 1 is 1.14 bits per heavy atom. The Morgan fingerprint density at radius 3 is 2.86 bits per heavy atom. The average molecular weight is 388 g/mol. The lowest BCUT2D eigenvalue weighted by Crippen LogP contribution is -2.18. The van der Waals surface area contributed by atoms with Gasteiger partial charge in [-0.2, -0.15) is 5.10 Å². The molecule has 4 aromatic rings. The van der Waals surface area contributed by atoms with Gasteiger partial charge in [0.15, 0.2) is 11.5 Å². The monoisotopic (exact) mass is 388 g/mol. The minimum absolute atomic E-state index is 0.146. The lowest BCUT2D eigenvalue weighted by Gasteiger charge is -2.08. The van der Waals surface area contributed by atoms with Gasteiger partial charge in [0.25, 0.3) is 0 Å². The van der Waals surface area contributed by atoms with E-state index in [4.69, 9.17) is 9.47 Å². The van der Waals surface area contributed by atoms with Gasteiger partial charge in [0.2, 0.25) is 12.7 Å². The molecule has 144 valence electrons. The van der Waals surface area contributed by atoms with E-state index in [1.54, 1.807) is 24.4 Å². The van der Waals surface area contributed by atoms with E-state index < -0.39 is 0 Å². The molecule has 0 radical (unpaired) electrons. The van der Waals surface area contributed by atoms with Gasteiger partial charge in [0.1, 0.15) is 19.2 Å². The lowest BCUT2D eigenvalue weighted by molar-refractivity contribution is -0.116. The molecule has 0 atom stereocenters. The van der Waals surface area contributed by atoms with Crippen LogP contribution in [0, 0.1) is 0 Å². The minimum atomic E-state index is -0.146. The summed E-state index contributed by atoms with van der Waals surface area (Å²) in [7, 11) is 0. The number of para-hydroxylation sites is 1. The van der Waals surface area contributed by atoms with E-state index >= 15 is 0 Å². The van der Waals surface area contributed by atoms with E-state index in [1.807, 2.05) is 35.0 Å². The van der Waals surface area contributed by atoms with Crippen molar-refractivity contribution in [3.05, 3.63) is 66.9 Å². The topological polar surface area (TPSA) is 95.6 Å². The van der Waals surface area contributed by atoms with Gasteiger partial charge in [-0.15, -0.1) is 10.2 Å². The van der Waals surface area contributed by atoms with Crippen LogP contribution in [0.5, 0.6) is 11.5 Å². The highest BCUT2D eigenvalue weighted by Crippen LogP contribution is 2.34. The van der Waals surface area contributed by atoms with Gasteiger partial charge in [-0.3, -0.25) is 4.79 Å². The summed E-state index contributed by atoms with van der Waals surface area (Å²) in [6.07, 6.45) is 6.64. The quantitative estimate of drug-likeness (QED) is 0.530. The van der Waals surface area contributed by atoms with Gasteiger partial charge in [-0.25, -0.2) is 4.68 Å². The number of carbonyl (C=O) groups excluding carboxylic acids is 1. The third-order valence-electron chi connectivity index (χ3n) is 4.53. The Morgan fingerprint density at radius 2 is 1.97 bits per heavy atom. The number of amides is 1. The predicted octanol–water partition coefficient (Wildman–Crippen LogP) is 2.48. The Kier molecular flexibility index (Phi) is 4.17. The van der Waals surface area contributed by atoms with Crippen LogP contribution in [0.15, 0.2) is 66.4 Å². The normalized spacial score (nSPS) is 12.7. The summed E-state index contributed by atoms with van der Waals surface area (Å²) in [6, 6.07) is 13.2. The molecular weight excluding hydrogens is 372 g/mol. The molecule has 0 unspecified atom stereocenters. The summed E-state index contributed by atoms with van der Waals surface area (Å²) in [5, 5.41) is 15.7. The number of hydrogen-bond acceptors (Lipinski definition) is 6. The molecule has 0 spiro atoms. The molecule has 0 bridgehead atoms. The fourth-order valence-electron chi connectivity index (χ4n) is 3.22. The van der Waals surface area contributed by atoms with Crippen LogP contribution in [0.25, 0.3) is 10.9 Å². The van der Waals surface area contributed by atoms with E-state index in [9.17, 15) is 4.79 Å². The maximum absolute atomic E-state index is 12.6. The Balaban J connectivity index is 1.38. The molecule has 0 saturated heterocycles. The van der Waals surface area contributed by atoms with Crippen molar-refractivity contribution >= 4 is 28.7 Å². The number of nitrogens with zero attached hydrogens (tertiary/aromatic N) is 5. The standard InChI is InChI=1S/C20H16N6O3/c27-20(24-15-5-6-18-19(7-15)29-13-28-18)10-25-9-14(8-23-26-11-21-22-12-26)16-3-1-2-4-17(16)25/h1-9,11-12H,10,13H2,(H,24,27). The number of hydrogen-bond donors (Lipinski definition) is 1. The molecule has 2 aromatic carbocycles. The molecule has 5 rings (SSSR count). The fraction of sp³-hybridized carbons (Fsp3) is 0.100. The van der Waals surface area contributed by atoms with Gasteiger partial charge in [0.05, 0.1) is 6.21 Å². The van der Waals surface area contributed by atoms with Crippen LogP contribution in [0.1, 0.15) is 5.56 Å². The smallest absolute Gasteiger partial charge is 0.244 e. The van der Waals surface area contributed by atoms with Crippen molar-refractivity contribution in [3.8, 4) is 11.5 Å². The van der Waals surface area contributed by atoms with Crippen LogP contribution < -0.4 is 14.8 Å². The van der Waals surface area contributed by atoms with E-state index in [0.29, 0.717) is 17.2 Å². The number of benzene rings is 2. The Labute approximate surface area is 165 Å². The molecule has 1 amide bonds. The maximum atomic E-state index is 12.6. The first kappa shape index (κ1) is 17.0. The molecular formula is C20H16N6O3. The highest BCUT2D eigenvalue weighted by molar-refractivity contribution is 6.00. The molecule has 1 aliphatic heterocycles. The van der Waals surface area contributed by atoms with Crippen molar-refractivity contribution in [1.82, 2.24) is 19.4 Å². The molecule has 0 fully saturated rings. The molecule has 3 heterocycles. The summed E-state index contributed by atoms with van der Waals surface area (Å²) in [5.41, 5.74) is 2.49. The molecule has 0 saturated carbocycles. The largest absolute Gasteiger partial charge is 0.454 e. The zero-order chi connectivity index (χ0) is 19.6. The predicted molar refractivity (Wildman–Crippen MR) is 106 cm³/mol. The van der Waals surface area contributed by atoms with E-state index in [1.165, 1.54) is 17.3 Å². The summed E-state index contributed by atoms with van der Waals surface area (Å²) < 4.78 is 14.1. The van der Waals surface area contributed by atoms with Gasteiger partial charge < -0.3 is 19.4 Å². The SMILES string of the molecule is O=C(Cn1cc(C=Nn2cnnc2)c2ccccc21)Nc1ccc2c(c1)OCO2. The van der Waals surface area contributed by atoms with Crippen molar-refractivity contribution in [1.29, 1.82) is 0 Å². The summed E-state index contributed by atoms with van der Waals surface area (Å²) in [5.74, 6) is 1.16. The fourth-order valence-corrected chi connectivity index (χ4v) is 3.22. The first-order valence-electron chi connectivity index (χ1n) is 8.93. The highest BCUT2D eigenvalue weighted by atomic mass is 16.7. The zero-order valence-corrected chi connectivity index (χ0v) is 15.2. The lowest BCUT2D eigenvalue weighted by atomic mass is 10.2. The molecule has 1 N–H and O–H groups in total. The van der Waals surface area contributed by atoms with Gasteiger partial charge in [0, 0.05) is 34.4 Å². The van der Waals surface area contributed by atoms with Gasteiger partial charge >= 0.3 is 0 Å². The summed E-state index contributed by atoms with van der Waals surface area (Å²) in [4.78, 5) is 12.6. The Hall–Kier alpha value is -4.14. The van der Waals surface area contributed by atoms with Crippen LogP contribution in [0.4, 0.5) is 5.69 Å². The first-order valence-corrected chi connectivity index (χ1v) is 8.93. The molecule has 1 aliphatic rings. The molecule has 9 nitrogen and oxygen atoms in total. The van der Waals surface area contributed by atoms with Gasteiger partial charge in [-0.05, 0) is 18.2 Å². The molecule has 2 aromatic heterocycles. The van der Waals surface area contributed by atoms with Crippen LogP contribution in [0.3, 0.4) is 0 Å². The second-order valence-corrected chi connectivity index (χ2v) is 6.43. The summed E-state index contributed by atoms with van der Waals surface area (Å²) >= 11 is 0. The Bertz CT molecular complexity index is 1210. The number of anilines is 1. The average Bonchev–Trinajstić information content (AvgIpc) is 3.47. The number of fused-ring (bicyclic) bond motifs is 2. The van der Waals surface area contributed by atoms with Crippen LogP contribution in [-0.2, 0) is 11.3 Å². The van der Waals surface area contributed by atoms with E-state index in [0.717, 1.165) is 16.5 Å². The molecule has 9 heteroatoms. The third-order valence-corrected chi connectivity index (χ3v) is 4.53. The van der Waals surface area contributed by atoms with Crippen molar-refractivity contribution in [3.63, 3.8) is 0 Å².